The number of esters is 1. The van der Waals surface area contributed by atoms with Gasteiger partial charge in [-0.25, -0.2) is 0 Å². The lowest BCUT2D eigenvalue weighted by atomic mass is 9.56. The van der Waals surface area contributed by atoms with E-state index in [1.807, 2.05) is 26.8 Å². The molecule has 0 N–H and O–H groups in total. The van der Waals surface area contributed by atoms with Crippen LogP contribution >= 0.6 is 0 Å². The van der Waals surface area contributed by atoms with Gasteiger partial charge in [0, 0.05) is 23.8 Å². The van der Waals surface area contributed by atoms with E-state index in [-0.39, 0.29) is 17.3 Å². The summed E-state index contributed by atoms with van der Waals surface area (Å²) in [6.45, 7) is 7.27. The largest absolute Gasteiger partial charge is 0.493 e. The minimum absolute atomic E-state index is 0.181. The zero-order chi connectivity index (χ0) is 22.3. The van der Waals surface area contributed by atoms with Gasteiger partial charge in [0.2, 0.25) is 0 Å². The van der Waals surface area contributed by atoms with Gasteiger partial charge in [0.15, 0.2) is 17.3 Å². The van der Waals surface area contributed by atoms with Gasteiger partial charge in [0.1, 0.15) is 0 Å². The smallest absolute Gasteiger partial charge is 0.311 e. The second-order valence-electron chi connectivity index (χ2n) is 9.83. The molecule has 2 fully saturated rings. The lowest BCUT2D eigenvalue weighted by molar-refractivity contribution is -0.195. The van der Waals surface area contributed by atoms with Gasteiger partial charge in [-0.15, -0.1) is 0 Å². The summed E-state index contributed by atoms with van der Waals surface area (Å²) in [7, 11) is 3.35. The molecule has 1 spiro atoms. The zero-order valence-corrected chi connectivity index (χ0v) is 19.3. The molecule has 1 saturated carbocycles. The molecule has 6 heteroatoms. The van der Waals surface area contributed by atoms with Crippen LogP contribution in [0.5, 0.6) is 11.5 Å². The van der Waals surface area contributed by atoms with Gasteiger partial charge < -0.3 is 23.7 Å². The Hall–Kier alpha value is -2.05. The van der Waals surface area contributed by atoms with Crippen molar-refractivity contribution in [3.63, 3.8) is 0 Å². The molecule has 6 nitrogen and oxygen atoms in total. The van der Waals surface area contributed by atoms with Crippen molar-refractivity contribution in [2.45, 2.75) is 57.7 Å². The van der Waals surface area contributed by atoms with Crippen LogP contribution in [0.2, 0.25) is 0 Å². The first-order chi connectivity index (χ1) is 14.7. The number of fused-ring (bicyclic) bond motifs is 3. The number of benzene rings is 1. The molecule has 0 amide bonds. The molecule has 31 heavy (non-hydrogen) atoms. The lowest BCUT2D eigenvalue weighted by Gasteiger charge is -2.51. The molecule has 1 saturated heterocycles. The summed E-state index contributed by atoms with van der Waals surface area (Å²) in [4.78, 5) is 12.4. The number of hydrogen-bond acceptors (Lipinski definition) is 6. The Labute approximate surface area is 184 Å². The van der Waals surface area contributed by atoms with Gasteiger partial charge >= 0.3 is 5.97 Å². The molecule has 0 bridgehead atoms. The van der Waals surface area contributed by atoms with Gasteiger partial charge in [0.25, 0.3) is 0 Å². The van der Waals surface area contributed by atoms with Gasteiger partial charge in [-0.3, -0.25) is 4.79 Å². The maximum atomic E-state index is 12.4. The van der Waals surface area contributed by atoms with Gasteiger partial charge in [0.05, 0.1) is 39.5 Å². The summed E-state index contributed by atoms with van der Waals surface area (Å²) in [6, 6.07) is 4.03. The lowest BCUT2D eigenvalue weighted by Crippen LogP contribution is -2.50. The van der Waals surface area contributed by atoms with E-state index in [1.54, 1.807) is 14.2 Å². The molecule has 1 aromatic carbocycles. The highest BCUT2D eigenvalue weighted by atomic mass is 16.7. The van der Waals surface area contributed by atoms with Crippen LogP contribution in [0, 0.1) is 11.3 Å². The molecule has 3 aliphatic rings. The van der Waals surface area contributed by atoms with Crippen LogP contribution in [0.25, 0.3) is 6.08 Å². The third kappa shape index (κ3) is 3.85. The number of carbonyl (C=O) groups excluding carboxylic acids is 1. The van der Waals surface area contributed by atoms with E-state index >= 15 is 0 Å². The molecule has 1 heterocycles. The molecule has 0 radical (unpaired) electrons. The molecule has 170 valence electrons. The van der Waals surface area contributed by atoms with Crippen LogP contribution in [0.1, 0.15) is 57.6 Å². The van der Waals surface area contributed by atoms with Crippen LogP contribution in [-0.4, -0.2) is 45.8 Å². The summed E-state index contributed by atoms with van der Waals surface area (Å²) in [5.74, 6) is 0.973. The quantitative estimate of drug-likeness (QED) is 0.642. The van der Waals surface area contributed by atoms with Crippen molar-refractivity contribution in [3.8, 4) is 11.5 Å². The van der Waals surface area contributed by atoms with Crippen molar-refractivity contribution < 1.29 is 28.5 Å². The van der Waals surface area contributed by atoms with Crippen molar-refractivity contribution in [2.75, 3.05) is 34.0 Å². The van der Waals surface area contributed by atoms with E-state index in [0.717, 1.165) is 41.9 Å². The van der Waals surface area contributed by atoms with Gasteiger partial charge in [-0.05, 0) is 51.2 Å². The Balaban J connectivity index is 1.72. The minimum Gasteiger partial charge on any atom is -0.493 e. The number of rotatable bonds is 5. The van der Waals surface area contributed by atoms with E-state index in [0.29, 0.717) is 26.2 Å². The molecule has 2 atom stereocenters. The number of methoxy groups -OCH3 is 2. The Kier molecular flexibility index (Phi) is 5.81. The highest BCUT2D eigenvalue weighted by molar-refractivity contribution is 5.75. The fourth-order valence-corrected chi connectivity index (χ4v) is 5.35. The van der Waals surface area contributed by atoms with Gasteiger partial charge in [-0.2, -0.15) is 0 Å². The zero-order valence-electron chi connectivity index (χ0n) is 19.3. The fraction of sp³-hybridized carbons (Fsp3) is 0.640. The number of carbonyl (C=O) groups is 1. The predicted molar refractivity (Wildman–Crippen MR) is 117 cm³/mol. The molecule has 1 aliphatic heterocycles. The Morgan fingerprint density at radius 1 is 1.13 bits per heavy atom. The second kappa shape index (κ2) is 8.14. The molecule has 0 unspecified atom stereocenters. The van der Waals surface area contributed by atoms with E-state index < -0.39 is 11.2 Å². The summed E-state index contributed by atoms with van der Waals surface area (Å²) >= 11 is 0. The number of ether oxygens (including phenoxy) is 5. The van der Waals surface area contributed by atoms with E-state index in [9.17, 15) is 4.79 Å². The molecule has 1 aromatic rings. The first-order valence-electron chi connectivity index (χ1n) is 11.1. The average molecular weight is 431 g/mol. The SMILES string of the molecule is COc1ccc2c(c1OC)[C@]1(CCOC(=O)C(C)(C)C)CCC3(C[C@@H]1C=C2)OCCO3. The topological polar surface area (TPSA) is 63.2 Å². The van der Waals surface area contributed by atoms with Crippen LogP contribution in [0.4, 0.5) is 0 Å². The van der Waals surface area contributed by atoms with Gasteiger partial charge in [-0.1, -0.05) is 18.2 Å². The highest BCUT2D eigenvalue weighted by Gasteiger charge is 2.54. The van der Waals surface area contributed by atoms with Crippen molar-refractivity contribution in [3.05, 3.63) is 29.3 Å². The fourth-order valence-electron chi connectivity index (χ4n) is 5.35. The molecular weight excluding hydrogens is 396 g/mol. The van der Waals surface area contributed by atoms with Crippen LogP contribution in [-0.2, 0) is 24.4 Å². The van der Waals surface area contributed by atoms with Crippen LogP contribution < -0.4 is 9.47 Å². The molecule has 0 aromatic heterocycles. The number of allylic oxidation sites excluding steroid dienone is 1. The van der Waals surface area contributed by atoms with Crippen molar-refractivity contribution in [2.24, 2.45) is 11.3 Å². The number of hydrogen-bond donors (Lipinski definition) is 0. The van der Waals surface area contributed by atoms with Crippen molar-refractivity contribution >= 4 is 12.0 Å². The summed E-state index contributed by atoms with van der Waals surface area (Å²) in [6.07, 6.45) is 7.56. The summed E-state index contributed by atoms with van der Waals surface area (Å²) in [5.41, 5.74) is 1.49. The third-order valence-electron chi connectivity index (χ3n) is 6.98. The first kappa shape index (κ1) is 22.2. The van der Waals surface area contributed by atoms with Crippen LogP contribution in [0.15, 0.2) is 18.2 Å². The van der Waals surface area contributed by atoms with E-state index in [4.69, 9.17) is 23.7 Å². The Morgan fingerprint density at radius 2 is 1.87 bits per heavy atom. The summed E-state index contributed by atoms with van der Waals surface area (Å²) in [5, 5.41) is 0. The standard InChI is InChI=1S/C25H34O6/c1-23(2,3)22(26)29-13-12-24-10-11-25(30-14-15-31-25)16-18(24)8-6-17-7-9-19(27-4)21(28-5)20(17)24/h6-9,18H,10-16H2,1-5H3/t18-,24-/m0/s1. The molecule has 4 rings (SSSR count). The Morgan fingerprint density at radius 3 is 2.52 bits per heavy atom. The highest BCUT2D eigenvalue weighted by Crippen LogP contribution is 2.58. The van der Waals surface area contributed by atoms with Crippen LogP contribution in [0.3, 0.4) is 0 Å². The summed E-state index contributed by atoms with van der Waals surface area (Å²) < 4.78 is 29.3. The molecular formula is C25H34O6. The second-order valence-corrected chi connectivity index (χ2v) is 9.83. The molecule has 2 aliphatic carbocycles. The van der Waals surface area contributed by atoms with Crippen molar-refractivity contribution in [1.29, 1.82) is 0 Å². The minimum atomic E-state index is -0.523. The van der Waals surface area contributed by atoms with Crippen molar-refractivity contribution in [1.82, 2.24) is 0 Å². The Bertz CT molecular complexity index is 861. The normalized spacial score (nSPS) is 26.3. The first-order valence-corrected chi connectivity index (χ1v) is 11.1. The maximum Gasteiger partial charge on any atom is 0.311 e. The predicted octanol–water partition coefficient (Wildman–Crippen LogP) is 4.49. The average Bonchev–Trinajstić information content (AvgIpc) is 3.20. The van der Waals surface area contributed by atoms with E-state index in [2.05, 4.69) is 18.2 Å². The third-order valence-corrected chi connectivity index (χ3v) is 6.98. The maximum absolute atomic E-state index is 12.4. The van der Waals surface area contributed by atoms with E-state index in [1.165, 1.54) is 0 Å². The monoisotopic (exact) mass is 430 g/mol.